The summed E-state index contributed by atoms with van der Waals surface area (Å²) in [6, 6.07) is 5.74. The number of likely N-dealkylation sites (tertiary alicyclic amines) is 1. The molecule has 1 atom stereocenters. The molecule has 21 heavy (non-hydrogen) atoms. The van der Waals surface area contributed by atoms with E-state index >= 15 is 0 Å². The Morgan fingerprint density at radius 3 is 2.76 bits per heavy atom. The molecule has 0 aromatic heterocycles. The number of benzene rings is 1. The van der Waals surface area contributed by atoms with Crippen molar-refractivity contribution in [2.45, 2.75) is 39.7 Å². The summed E-state index contributed by atoms with van der Waals surface area (Å²) in [6.07, 6.45) is 2.77. The normalized spacial score (nSPS) is 19.7. The molecule has 1 aromatic rings. The zero-order valence-corrected chi connectivity index (χ0v) is 13.3. The van der Waals surface area contributed by atoms with Crippen molar-refractivity contribution in [3.63, 3.8) is 0 Å². The Labute approximate surface area is 127 Å². The van der Waals surface area contributed by atoms with Crippen molar-refractivity contribution < 1.29 is 9.53 Å². The van der Waals surface area contributed by atoms with Gasteiger partial charge in [-0.15, -0.1) is 0 Å². The Morgan fingerprint density at radius 1 is 1.38 bits per heavy atom. The van der Waals surface area contributed by atoms with Gasteiger partial charge in [0.05, 0.1) is 12.8 Å². The Morgan fingerprint density at radius 2 is 2.14 bits per heavy atom. The second-order valence-electron chi connectivity index (χ2n) is 6.22. The lowest BCUT2D eigenvalue weighted by molar-refractivity contribution is -0.131. The molecule has 1 saturated heterocycles. The van der Waals surface area contributed by atoms with Crippen molar-refractivity contribution >= 4 is 11.6 Å². The maximum Gasteiger partial charge on any atom is 0.222 e. The average molecular weight is 290 g/mol. The van der Waals surface area contributed by atoms with E-state index < -0.39 is 0 Å². The summed E-state index contributed by atoms with van der Waals surface area (Å²) in [5.41, 5.74) is 7.62. The second kappa shape index (κ2) is 6.83. The maximum atomic E-state index is 12.3. The van der Waals surface area contributed by atoms with Crippen molar-refractivity contribution in [3.8, 4) is 5.75 Å². The summed E-state index contributed by atoms with van der Waals surface area (Å²) in [5, 5.41) is 0. The van der Waals surface area contributed by atoms with Crippen LogP contribution in [0.1, 0.15) is 38.7 Å². The van der Waals surface area contributed by atoms with E-state index in [4.69, 9.17) is 10.5 Å². The number of carbonyl (C=O) groups is 1. The average Bonchev–Trinajstić information content (AvgIpc) is 2.62. The molecule has 0 radical (unpaired) electrons. The maximum absolute atomic E-state index is 12.3. The SMILES string of the molecule is COc1ccc(CN2CCC(C(C)C)CCC2=O)cc1N. The van der Waals surface area contributed by atoms with Crippen LogP contribution >= 0.6 is 0 Å². The smallest absolute Gasteiger partial charge is 0.222 e. The Hall–Kier alpha value is -1.71. The van der Waals surface area contributed by atoms with Gasteiger partial charge >= 0.3 is 0 Å². The molecule has 2 N–H and O–H groups in total. The molecule has 1 heterocycles. The first-order valence-electron chi connectivity index (χ1n) is 7.71. The van der Waals surface area contributed by atoms with Gasteiger partial charge in [-0.2, -0.15) is 0 Å². The van der Waals surface area contributed by atoms with Crippen molar-refractivity contribution in [1.29, 1.82) is 0 Å². The number of nitrogen functional groups attached to an aromatic ring is 1. The first-order valence-corrected chi connectivity index (χ1v) is 7.71. The monoisotopic (exact) mass is 290 g/mol. The summed E-state index contributed by atoms with van der Waals surface area (Å²) in [5.74, 6) is 2.24. The van der Waals surface area contributed by atoms with Crippen LogP contribution in [0.3, 0.4) is 0 Å². The molecule has 1 aliphatic rings. The summed E-state index contributed by atoms with van der Waals surface area (Å²) in [6.45, 7) is 5.97. The molecule has 0 aliphatic carbocycles. The van der Waals surface area contributed by atoms with Gasteiger partial charge in [0, 0.05) is 19.5 Å². The summed E-state index contributed by atoms with van der Waals surface area (Å²) < 4.78 is 5.17. The van der Waals surface area contributed by atoms with Crippen molar-refractivity contribution in [2.24, 2.45) is 11.8 Å². The number of carbonyl (C=O) groups excluding carboxylic acids is 1. The predicted molar refractivity (Wildman–Crippen MR) is 85.0 cm³/mol. The van der Waals surface area contributed by atoms with Crippen LogP contribution in [0.4, 0.5) is 5.69 Å². The van der Waals surface area contributed by atoms with Gasteiger partial charge in [-0.05, 0) is 42.4 Å². The molecule has 1 fully saturated rings. The fourth-order valence-corrected chi connectivity index (χ4v) is 2.99. The molecule has 0 saturated carbocycles. The summed E-state index contributed by atoms with van der Waals surface area (Å²) >= 11 is 0. The number of anilines is 1. The van der Waals surface area contributed by atoms with Gasteiger partial charge in [0.2, 0.25) is 5.91 Å². The number of rotatable bonds is 4. The lowest BCUT2D eigenvalue weighted by Gasteiger charge is -2.22. The molecular formula is C17H26N2O2. The van der Waals surface area contributed by atoms with Gasteiger partial charge in [-0.1, -0.05) is 19.9 Å². The quantitative estimate of drug-likeness (QED) is 0.867. The molecule has 4 heteroatoms. The number of nitrogens with zero attached hydrogens (tertiary/aromatic N) is 1. The minimum Gasteiger partial charge on any atom is -0.495 e. The lowest BCUT2D eigenvalue weighted by atomic mass is 9.89. The molecule has 1 aliphatic heterocycles. The zero-order valence-electron chi connectivity index (χ0n) is 13.3. The van der Waals surface area contributed by atoms with E-state index in [1.54, 1.807) is 7.11 Å². The molecule has 1 aromatic carbocycles. The molecule has 0 spiro atoms. The highest BCUT2D eigenvalue weighted by atomic mass is 16.5. The standard InChI is InChI=1S/C17H26N2O2/c1-12(2)14-5-7-17(20)19(9-8-14)11-13-4-6-16(21-3)15(18)10-13/h4,6,10,12,14H,5,7-9,11,18H2,1-3H3. The van der Waals surface area contributed by atoms with Gasteiger partial charge in [0.1, 0.15) is 5.75 Å². The van der Waals surface area contributed by atoms with Crippen LogP contribution in [-0.4, -0.2) is 24.5 Å². The third kappa shape index (κ3) is 3.90. The number of hydrogen-bond donors (Lipinski definition) is 1. The van der Waals surface area contributed by atoms with E-state index in [1.807, 2.05) is 23.1 Å². The topological polar surface area (TPSA) is 55.6 Å². The number of nitrogens with two attached hydrogens (primary N) is 1. The van der Waals surface area contributed by atoms with Crippen LogP contribution in [-0.2, 0) is 11.3 Å². The van der Waals surface area contributed by atoms with Crippen LogP contribution in [0, 0.1) is 11.8 Å². The van der Waals surface area contributed by atoms with E-state index in [1.165, 1.54) is 0 Å². The minimum absolute atomic E-state index is 0.257. The third-order valence-corrected chi connectivity index (χ3v) is 4.46. The molecule has 1 amide bonds. The van der Waals surface area contributed by atoms with Crippen LogP contribution in [0.5, 0.6) is 5.75 Å². The van der Waals surface area contributed by atoms with Crippen LogP contribution in [0.15, 0.2) is 18.2 Å². The number of ether oxygens (including phenoxy) is 1. The Bertz CT molecular complexity index is 500. The fourth-order valence-electron chi connectivity index (χ4n) is 2.99. The molecule has 0 bridgehead atoms. The first kappa shape index (κ1) is 15.7. The van der Waals surface area contributed by atoms with Gasteiger partial charge < -0.3 is 15.4 Å². The molecule has 2 rings (SSSR count). The Kier molecular flexibility index (Phi) is 5.10. The van der Waals surface area contributed by atoms with Crippen LogP contribution in [0.25, 0.3) is 0 Å². The highest BCUT2D eigenvalue weighted by molar-refractivity contribution is 5.76. The minimum atomic E-state index is 0.257. The van der Waals surface area contributed by atoms with E-state index in [2.05, 4.69) is 13.8 Å². The lowest BCUT2D eigenvalue weighted by Crippen LogP contribution is -2.29. The molecule has 4 nitrogen and oxygen atoms in total. The Balaban J connectivity index is 2.04. The number of amides is 1. The highest BCUT2D eigenvalue weighted by Gasteiger charge is 2.24. The van der Waals surface area contributed by atoms with Gasteiger partial charge in [0.15, 0.2) is 0 Å². The fraction of sp³-hybridized carbons (Fsp3) is 0.588. The van der Waals surface area contributed by atoms with Gasteiger partial charge in [0.25, 0.3) is 0 Å². The van der Waals surface area contributed by atoms with E-state index in [0.717, 1.165) is 24.9 Å². The zero-order chi connectivity index (χ0) is 15.4. The molecule has 116 valence electrons. The van der Waals surface area contributed by atoms with Crippen molar-refractivity contribution in [3.05, 3.63) is 23.8 Å². The van der Waals surface area contributed by atoms with E-state index in [-0.39, 0.29) is 5.91 Å². The third-order valence-electron chi connectivity index (χ3n) is 4.46. The van der Waals surface area contributed by atoms with Crippen molar-refractivity contribution in [1.82, 2.24) is 4.90 Å². The predicted octanol–water partition coefficient (Wildman–Crippen LogP) is 3.06. The van der Waals surface area contributed by atoms with Gasteiger partial charge in [-0.3, -0.25) is 4.79 Å². The number of hydrogen-bond acceptors (Lipinski definition) is 3. The van der Waals surface area contributed by atoms with E-state index in [0.29, 0.717) is 36.2 Å². The van der Waals surface area contributed by atoms with E-state index in [9.17, 15) is 4.79 Å². The second-order valence-corrected chi connectivity index (χ2v) is 6.22. The highest BCUT2D eigenvalue weighted by Crippen LogP contribution is 2.27. The first-order chi connectivity index (χ1) is 10.0. The number of methoxy groups -OCH3 is 1. The van der Waals surface area contributed by atoms with Gasteiger partial charge in [-0.25, -0.2) is 0 Å². The molecule has 1 unspecified atom stereocenters. The largest absolute Gasteiger partial charge is 0.495 e. The summed E-state index contributed by atoms with van der Waals surface area (Å²) in [7, 11) is 1.61. The van der Waals surface area contributed by atoms with Crippen molar-refractivity contribution in [2.75, 3.05) is 19.4 Å². The molecular weight excluding hydrogens is 264 g/mol. The van der Waals surface area contributed by atoms with Crippen LogP contribution < -0.4 is 10.5 Å². The summed E-state index contributed by atoms with van der Waals surface area (Å²) in [4.78, 5) is 14.2. The van der Waals surface area contributed by atoms with Crippen LogP contribution in [0.2, 0.25) is 0 Å².